The SMILES string of the molecule is COCCC(=O)N1CCC(Nc2nc(C(F)(F)F)cs2)CC1. The van der Waals surface area contributed by atoms with Gasteiger partial charge in [-0.05, 0) is 12.8 Å². The molecule has 0 unspecified atom stereocenters. The molecule has 1 aromatic rings. The lowest BCUT2D eigenvalue weighted by atomic mass is 10.1. The zero-order valence-corrected chi connectivity index (χ0v) is 13.0. The molecule has 0 atom stereocenters. The fraction of sp³-hybridized carbons (Fsp3) is 0.692. The minimum absolute atomic E-state index is 0.0405. The van der Waals surface area contributed by atoms with Crippen molar-refractivity contribution >= 4 is 22.4 Å². The quantitative estimate of drug-likeness (QED) is 0.897. The zero-order chi connectivity index (χ0) is 16.2. The molecule has 0 radical (unpaired) electrons. The highest BCUT2D eigenvalue weighted by atomic mass is 32.1. The maximum Gasteiger partial charge on any atom is 0.434 e. The molecular weight excluding hydrogens is 319 g/mol. The summed E-state index contributed by atoms with van der Waals surface area (Å²) in [6.07, 6.45) is -2.66. The van der Waals surface area contributed by atoms with Crippen LogP contribution in [0.1, 0.15) is 25.0 Å². The average molecular weight is 337 g/mol. The van der Waals surface area contributed by atoms with Crippen LogP contribution in [0.4, 0.5) is 18.3 Å². The molecule has 124 valence electrons. The molecule has 0 spiro atoms. The van der Waals surface area contributed by atoms with E-state index in [-0.39, 0.29) is 17.1 Å². The first-order valence-corrected chi connectivity index (χ1v) is 7.84. The number of aromatic nitrogens is 1. The summed E-state index contributed by atoms with van der Waals surface area (Å²) in [5.41, 5.74) is -0.868. The van der Waals surface area contributed by atoms with Crippen molar-refractivity contribution in [2.75, 3.05) is 32.1 Å². The van der Waals surface area contributed by atoms with Gasteiger partial charge in [0.2, 0.25) is 5.91 Å². The van der Waals surface area contributed by atoms with Gasteiger partial charge in [0.15, 0.2) is 10.8 Å². The van der Waals surface area contributed by atoms with Crippen molar-refractivity contribution in [3.63, 3.8) is 0 Å². The maximum atomic E-state index is 12.5. The van der Waals surface area contributed by atoms with Gasteiger partial charge in [0.25, 0.3) is 0 Å². The number of amides is 1. The number of hydrogen-bond acceptors (Lipinski definition) is 5. The lowest BCUT2D eigenvalue weighted by Gasteiger charge is -2.32. The Labute approximate surface area is 130 Å². The summed E-state index contributed by atoms with van der Waals surface area (Å²) in [5, 5.41) is 4.30. The third-order valence-electron chi connectivity index (χ3n) is 3.49. The molecule has 1 aliphatic heterocycles. The fourth-order valence-corrected chi connectivity index (χ4v) is 3.06. The summed E-state index contributed by atoms with van der Waals surface area (Å²) < 4.78 is 42.3. The lowest BCUT2D eigenvalue weighted by molar-refractivity contribution is -0.140. The van der Waals surface area contributed by atoms with E-state index in [1.807, 2.05) is 0 Å². The van der Waals surface area contributed by atoms with Crippen molar-refractivity contribution in [3.05, 3.63) is 11.1 Å². The number of likely N-dealkylation sites (tertiary alicyclic amines) is 1. The molecule has 9 heteroatoms. The van der Waals surface area contributed by atoms with Crippen molar-refractivity contribution in [3.8, 4) is 0 Å². The Kier molecular flexibility index (Phi) is 5.63. The first-order chi connectivity index (χ1) is 10.4. The number of halogens is 3. The summed E-state index contributed by atoms with van der Waals surface area (Å²) in [5.74, 6) is 0.0499. The Balaban J connectivity index is 1.80. The highest BCUT2D eigenvalue weighted by Gasteiger charge is 2.34. The van der Waals surface area contributed by atoms with Gasteiger partial charge in [-0.1, -0.05) is 0 Å². The van der Waals surface area contributed by atoms with Crippen molar-refractivity contribution < 1.29 is 22.7 Å². The Bertz CT molecular complexity index is 499. The number of piperidine rings is 1. The number of carbonyl (C=O) groups is 1. The molecule has 0 aliphatic carbocycles. The maximum absolute atomic E-state index is 12.5. The van der Waals surface area contributed by atoms with Crippen LogP contribution in [0.15, 0.2) is 5.38 Å². The van der Waals surface area contributed by atoms with Gasteiger partial charge >= 0.3 is 6.18 Å². The van der Waals surface area contributed by atoms with E-state index in [9.17, 15) is 18.0 Å². The van der Waals surface area contributed by atoms with Crippen LogP contribution in [0.3, 0.4) is 0 Å². The number of hydrogen-bond donors (Lipinski definition) is 1. The first kappa shape index (κ1) is 17.0. The molecule has 1 fully saturated rings. The molecule has 2 heterocycles. The van der Waals surface area contributed by atoms with Gasteiger partial charge in [-0.2, -0.15) is 13.2 Å². The second-order valence-electron chi connectivity index (χ2n) is 5.08. The number of nitrogens with one attached hydrogen (secondary N) is 1. The van der Waals surface area contributed by atoms with E-state index in [1.165, 1.54) is 0 Å². The summed E-state index contributed by atoms with van der Waals surface area (Å²) in [6, 6.07) is 0.0405. The van der Waals surface area contributed by atoms with E-state index in [4.69, 9.17) is 4.74 Å². The number of methoxy groups -OCH3 is 1. The first-order valence-electron chi connectivity index (χ1n) is 6.96. The van der Waals surface area contributed by atoms with E-state index in [0.29, 0.717) is 39.0 Å². The van der Waals surface area contributed by atoms with Gasteiger partial charge in [-0.15, -0.1) is 11.3 Å². The van der Waals surface area contributed by atoms with Crippen LogP contribution < -0.4 is 5.32 Å². The van der Waals surface area contributed by atoms with E-state index in [1.54, 1.807) is 12.0 Å². The highest BCUT2D eigenvalue weighted by molar-refractivity contribution is 7.13. The molecule has 22 heavy (non-hydrogen) atoms. The molecular formula is C13H18F3N3O2S. The summed E-state index contributed by atoms with van der Waals surface area (Å²) in [6.45, 7) is 1.59. The van der Waals surface area contributed by atoms with E-state index in [0.717, 1.165) is 16.7 Å². The van der Waals surface area contributed by atoms with E-state index < -0.39 is 11.9 Å². The Hall–Kier alpha value is -1.35. The molecule has 1 aromatic heterocycles. The summed E-state index contributed by atoms with van der Waals surface area (Å²) >= 11 is 0.949. The minimum atomic E-state index is -4.41. The average Bonchev–Trinajstić information content (AvgIpc) is 2.94. The molecule has 1 amide bonds. The standard InChI is InChI=1S/C13H18F3N3O2S/c1-21-7-4-11(20)19-5-2-9(3-6-19)17-12-18-10(8-22-12)13(14,15)16/h8-9H,2-7H2,1H3,(H,17,18). The molecule has 0 aromatic carbocycles. The number of carbonyl (C=O) groups excluding carboxylic acids is 1. The minimum Gasteiger partial charge on any atom is -0.384 e. The van der Waals surface area contributed by atoms with Crippen LogP contribution in [-0.2, 0) is 15.7 Å². The van der Waals surface area contributed by atoms with Gasteiger partial charge < -0.3 is 15.0 Å². The van der Waals surface area contributed by atoms with Gasteiger partial charge in [-0.3, -0.25) is 4.79 Å². The van der Waals surface area contributed by atoms with Crippen molar-refractivity contribution in [2.45, 2.75) is 31.5 Å². The van der Waals surface area contributed by atoms with Crippen LogP contribution in [-0.4, -0.2) is 48.6 Å². The predicted molar refractivity (Wildman–Crippen MR) is 76.8 cm³/mol. The number of rotatable bonds is 5. The van der Waals surface area contributed by atoms with Gasteiger partial charge in [0, 0.05) is 31.6 Å². The monoisotopic (exact) mass is 337 g/mol. The number of thiazole rings is 1. The van der Waals surface area contributed by atoms with Crippen LogP contribution >= 0.6 is 11.3 Å². The van der Waals surface area contributed by atoms with Crippen LogP contribution in [0.5, 0.6) is 0 Å². The van der Waals surface area contributed by atoms with Crippen molar-refractivity contribution in [1.29, 1.82) is 0 Å². The second kappa shape index (κ2) is 7.28. The van der Waals surface area contributed by atoms with Gasteiger partial charge in [-0.25, -0.2) is 4.98 Å². The predicted octanol–water partition coefficient (Wildman–Crippen LogP) is 2.60. The van der Waals surface area contributed by atoms with Crippen LogP contribution in [0, 0.1) is 0 Å². The number of alkyl halides is 3. The molecule has 5 nitrogen and oxygen atoms in total. The largest absolute Gasteiger partial charge is 0.434 e. The topological polar surface area (TPSA) is 54.5 Å². The fourth-order valence-electron chi connectivity index (χ4n) is 2.27. The smallest absolute Gasteiger partial charge is 0.384 e. The van der Waals surface area contributed by atoms with Crippen molar-refractivity contribution in [2.24, 2.45) is 0 Å². The third-order valence-corrected chi connectivity index (χ3v) is 4.26. The molecule has 1 N–H and O–H groups in total. The number of nitrogens with zero attached hydrogens (tertiary/aromatic N) is 2. The summed E-state index contributed by atoms with van der Waals surface area (Å²) in [7, 11) is 1.55. The van der Waals surface area contributed by atoms with E-state index in [2.05, 4.69) is 10.3 Å². The third kappa shape index (κ3) is 4.57. The molecule has 0 bridgehead atoms. The lowest BCUT2D eigenvalue weighted by Crippen LogP contribution is -2.42. The highest BCUT2D eigenvalue weighted by Crippen LogP contribution is 2.32. The van der Waals surface area contributed by atoms with Crippen molar-refractivity contribution in [1.82, 2.24) is 9.88 Å². The van der Waals surface area contributed by atoms with Gasteiger partial charge in [0.1, 0.15) is 0 Å². The Morgan fingerprint density at radius 1 is 1.50 bits per heavy atom. The molecule has 1 saturated heterocycles. The van der Waals surface area contributed by atoms with Crippen LogP contribution in [0.2, 0.25) is 0 Å². The molecule has 1 aliphatic rings. The Morgan fingerprint density at radius 2 is 2.18 bits per heavy atom. The normalized spacial score (nSPS) is 16.8. The molecule has 2 rings (SSSR count). The molecule has 0 saturated carbocycles. The van der Waals surface area contributed by atoms with Crippen LogP contribution in [0.25, 0.3) is 0 Å². The van der Waals surface area contributed by atoms with Gasteiger partial charge in [0.05, 0.1) is 13.0 Å². The summed E-state index contributed by atoms with van der Waals surface area (Å²) in [4.78, 5) is 17.1. The van der Waals surface area contributed by atoms with E-state index >= 15 is 0 Å². The number of anilines is 1. The zero-order valence-electron chi connectivity index (χ0n) is 12.2. The Morgan fingerprint density at radius 3 is 2.73 bits per heavy atom. The second-order valence-corrected chi connectivity index (χ2v) is 5.94. The number of ether oxygens (including phenoxy) is 1.